The number of aliphatic carboxylic acids is 1. The molecule has 0 aromatic rings. The zero-order valence-electron chi connectivity index (χ0n) is 13.6. The minimum absolute atomic E-state index is 0.0133. The largest absolute Gasteiger partial charge is 0.481 e. The van der Waals surface area contributed by atoms with E-state index in [-0.39, 0.29) is 30.7 Å². The lowest BCUT2D eigenvalue weighted by Gasteiger charge is -2.28. The van der Waals surface area contributed by atoms with Crippen LogP contribution in [0.15, 0.2) is 28.3 Å². The van der Waals surface area contributed by atoms with Gasteiger partial charge in [0.15, 0.2) is 0 Å². The molecule has 4 aliphatic rings. The van der Waals surface area contributed by atoms with Crippen molar-refractivity contribution >= 4 is 27.7 Å². The number of amides is 1. The van der Waals surface area contributed by atoms with E-state index < -0.39 is 21.4 Å². The highest BCUT2D eigenvalue weighted by molar-refractivity contribution is 7.90. The molecule has 0 unspecified atom stereocenters. The van der Waals surface area contributed by atoms with Gasteiger partial charge in [-0.15, -0.1) is 4.40 Å². The van der Waals surface area contributed by atoms with Crippen LogP contribution in [0.5, 0.6) is 0 Å². The smallest absolute Gasteiger partial charge is 0.311 e. The monoisotopic (exact) mass is 365 g/mol. The molecule has 0 radical (unpaired) electrons. The maximum atomic E-state index is 12.8. The molecule has 25 heavy (non-hydrogen) atoms. The first-order valence-electron chi connectivity index (χ1n) is 8.33. The van der Waals surface area contributed by atoms with Gasteiger partial charge in [-0.2, -0.15) is 0 Å². The molecule has 1 amide bonds. The van der Waals surface area contributed by atoms with Crippen molar-refractivity contribution in [2.45, 2.75) is 19.3 Å². The average Bonchev–Trinajstić information content (AvgIpc) is 3.11. The number of carboxylic acid groups (broad SMARTS) is 1. The summed E-state index contributed by atoms with van der Waals surface area (Å²) in [6.07, 6.45) is 7.03. The molecule has 8 nitrogen and oxygen atoms in total. The quantitative estimate of drug-likeness (QED) is 0.749. The highest BCUT2D eigenvalue weighted by Gasteiger charge is 2.55. The average molecular weight is 365 g/mol. The molecule has 3 heterocycles. The second kappa shape index (κ2) is 5.42. The molecule has 9 heteroatoms. The number of rotatable bonds is 2. The fourth-order valence-electron chi connectivity index (χ4n) is 4.30. The number of hydrogen-bond acceptors (Lipinski definition) is 5. The van der Waals surface area contributed by atoms with E-state index in [0.717, 1.165) is 12.8 Å². The molecule has 4 rings (SSSR count). The molecule has 1 saturated carbocycles. The lowest BCUT2D eigenvalue weighted by molar-refractivity contribution is -0.149. The van der Waals surface area contributed by atoms with E-state index in [2.05, 4.69) is 4.40 Å². The van der Waals surface area contributed by atoms with Crippen LogP contribution in [-0.4, -0.2) is 66.4 Å². The van der Waals surface area contributed by atoms with Gasteiger partial charge in [0.25, 0.3) is 15.9 Å². The van der Waals surface area contributed by atoms with Gasteiger partial charge in [-0.25, -0.2) is 8.42 Å². The van der Waals surface area contributed by atoms with Crippen LogP contribution in [0.1, 0.15) is 19.3 Å². The molecule has 0 aromatic carbocycles. The molecule has 2 atom stereocenters. The number of nitrogens with zero attached hydrogens (tertiary/aromatic N) is 3. The first-order chi connectivity index (χ1) is 11.8. The first-order valence-corrected chi connectivity index (χ1v) is 9.93. The third-order valence-electron chi connectivity index (χ3n) is 5.65. The summed E-state index contributed by atoms with van der Waals surface area (Å²) in [6, 6.07) is 0. The summed E-state index contributed by atoms with van der Waals surface area (Å²) in [5, 5.41) is 9.64. The zero-order valence-corrected chi connectivity index (χ0v) is 14.4. The molecule has 1 N–H and O–H groups in total. The second-order valence-electron chi connectivity index (χ2n) is 7.08. The Morgan fingerprint density at radius 2 is 2.12 bits per heavy atom. The van der Waals surface area contributed by atoms with Crippen LogP contribution in [0.2, 0.25) is 0 Å². The van der Waals surface area contributed by atoms with Gasteiger partial charge in [0.2, 0.25) is 0 Å². The van der Waals surface area contributed by atoms with E-state index in [1.54, 1.807) is 22.1 Å². The fourth-order valence-corrected chi connectivity index (χ4v) is 5.27. The number of sulfonamides is 1. The molecular formula is C16H19N3O5S. The van der Waals surface area contributed by atoms with Gasteiger partial charge in [0, 0.05) is 25.8 Å². The zero-order chi connectivity index (χ0) is 17.8. The Hall–Kier alpha value is -2.16. The number of carbonyl (C=O) groups excluding carboxylic acids is 1. The van der Waals surface area contributed by atoms with Gasteiger partial charge >= 0.3 is 5.97 Å². The van der Waals surface area contributed by atoms with Gasteiger partial charge in [-0.3, -0.25) is 9.59 Å². The molecule has 0 spiro atoms. The molecule has 2 fully saturated rings. The standard InChI is InChI=1S/C16H19N3O5S/c20-14(19-9-12-2-1-5-16(12,10-19)15(21)22)11-3-4-13-17-25(23,24)7-6-18(13)8-11/h3-4,8,12H,1-2,5-7,9-10H2,(H,21,22)/t12-,16+/m0/s1. The van der Waals surface area contributed by atoms with Crippen LogP contribution in [0.25, 0.3) is 0 Å². The van der Waals surface area contributed by atoms with Crippen molar-refractivity contribution in [3.05, 3.63) is 23.9 Å². The minimum atomic E-state index is -3.43. The van der Waals surface area contributed by atoms with Crippen LogP contribution in [0, 0.1) is 11.3 Å². The van der Waals surface area contributed by atoms with Crippen molar-refractivity contribution in [3.63, 3.8) is 0 Å². The van der Waals surface area contributed by atoms with Crippen molar-refractivity contribution in [3.8, 4) is 0 Å². The number of amidine groups is 1. The molecule has 0 aromatic heterocycles. The lowest BCUT2D eigenvalue weighted by atomic mass is 9.81. The molecule has 1 saturated heterocycles. The van der Waals surface area contributed by atoms with Crippen LogP contribution >= 0.6 is 0 Å². The Morgan fingerprint density at radius 3 is 2.84 bits per heavy atom. The SMILES string of the molecule is O=C(C1=CN2CCS(=O)(=O)N=C2C=C1)N1C[C@@H]2CCC[C@@]2(C(=O)O)C1. The van der Waals surface area contributed by atoms with E-state index >= 15 is 0 Å². The van der Waals surface area contributed by atoms with Crippen molar-refractivity contribution in [1.29, 1.82) is 0 Å². The number of carboxylic acids is 1. The van der Waals surface area contributed by atoms with Crippen LogP contribution in [0.3, 0.4) is 0 Å². The topological polar surface area (TPSA) is 107 Å². The molecule has 0 bridgehead atoms. The molecular weight excluding hydrogens is 346 g/mol. The summed E-state index contributed by atoms with van der Waals surface area (Å²) in [7, 11) is -3.43. The summed E-state index contributed by atoms with van der Waals surface area (Å²) in [5.41, 5.74) is -0.376. The maximum Gasteiger partial charge on any atom is 0.311 e. The Labute approximate surface area is 145 Å². The van der Waals surface area contributed by atoms with Gasteiger partial charge in [0.05, 0.1) is 16.7 Å². The number of hydrogen-bond donors (Lipinski definition) is 1. The second-order valence-corrected chi connectivity index (χ2v) is 8.84. The Bertz CT molecular complexity index is 844. The third kappa shape index (κ3) is 2.57. The summed E-state index contributed by atoms with van der Waals surface area (Å²) in [6.45, 7) is 0.960. The summed E-state index contributed by atoms with van der Waals surface area (Å²) < 4.78 is 26.8. The van der Waals surface area contributed by atoms with E-state index in [1.165, 1.54) is 6.08 Å². The predicted octanol–water partition coefficient (Wildman–Crippen LogP) is 0.197. The Kier molecular flexibility index (Phi) is 3.54. The summed E-state index contributed by atoms with van der Waals surface area (Å²) >= 11 is 0. The van der Waals surface area contributed by atoms with Crippen LogP contribution in [-0.2, 0) is 19.6 Å². The predicted molar refractivity (Wildman–Crippen MR) is 89.1 cm³/mol. The number of carbonyl (C=O) groups is 2. The summed E-state index contributed by atoms with van der Waals surface area (Å²) in [4.78, 5) is 27.9. The van der Waals surface area contributed by atoms with Crippen molar-refractivity contribution in [1.82, 2.24) is 9.80 Å². The summed E-state index contributed by atoms with van der Waals surface area (Å²) in [5.74, 6) is -0.786. The van der Waals surface area contributed by atoms with Crippen molar-refractivity contribution in [2.24, 2.45) is 15.7 Å². The van der Waals surface area contributed by atoms with Gasteiger partial charge in [0.1, 0.15) is 5.84 Å². The first kappa shape index (κ1) is 16.3. The number of fused-ring (bicyclic) bond motifs is 2. The van der Waals surface area contributed by atoms with Crippen LogP contribution < -0.4 is 0 Å². The third-order valence-corrected chi connectivity index (χ3v) is 6.82. The molecule has 3 aliphatic heterocycles. The lowest BCUT2D eigenvalue weighted by Crippen LogP contribution is -2.40. The van der Waals surface area contributed by atoms with Crippen molar-refractivity contribution in [2.75, 3.05) is 25.4 Å². The van der Waals surface area contributed by atoms with Crippen LogP contribution in [0.4, 0.5) is 0 Å². The van der Waals surface area contributed by atoms with E-state index in [9.17, 15) is 23.1 Å². The maximum absolute atomic E-state index is 12.8. The molecule has 134 valence electrons. The van der Waals surface area contributed by atoms with E-state index in [0.29, 0.717) is 24.4 Å². The Balaban J connectivity index is 1.55. The normalized spacial score (nSPS) is 32.7. The van der Waals surface area contributed by atoms with Gasteiger partial charge in [-0.05, 0) is 30.9 Å². The highest BCUT2D eigenvalue weighted by atomic mass is 32.2. The van der Waals surface area contributed by atoms with E-state index in [4.69, 9.17) is 0 Å². The van der Waals surface area contributed by atoms with E-state index in [1.807, 2.05) is 0 Å². The van der Waals surface area contributed by atoms with Gasteiger partial charge in [-0.1, -0.05) is 6.42 Å². The van der Waals surface area contributed by atoms with Crippen molar-refractivity contribution < 1.29 is 23.1 Å². The number of likely N-dealkylation sites (tertiary alicyclic amines) is 1. The van der Waals surface area contributed by atoms with Gasteiger partial charge < -0.3 is 14.9 Å². The minimum Gasteiger partial charge on any atom is -0.481 e. The highest BCUT2D eigenvalue weighted by Crippen LogP contribution is 2.49. The molecule has 1 aliphatic carbocycles. The fraction of sp³-hybridized carbons (Fsp3) is 0.562. The Morgan fingerprint density at radius 1 is 1.32 bits per heavy atom.